The van der Waals surface area contributed by atoms with E-state index >= 15 is 0 Å². The van der Waals surface area contributed by atoms with Crippen molar-refractivity contribution in [1.29, 1.82) is 0 Å². The predicted octanol–water partition coefficient (Wildman–Crippen LogP) is 2.34. The maximum Gasteiger partial charge on any atom is 0.338 e. The number of carbonyl (C=O) groups is 2. The number of sulfonamides is 1. The molecule has 2 aromatic rings. The number of aryl methyl sites for hydroxylation is 1. The lowest BCUT2D eigenvalue weighted by Crippen LogP contribution is -2.48. The zero-order chi connectivity index (χ0) is 21.2. The summed E-state index contributed by atoms with van der Waals surface area (Å²) in [5.41, 5.74) is 1.86. The molecule has 1 amide bonds. The molecule has 0 spiro atoms. The van der Waals surface area contributed by atoms with E-state index in [0.29, 0.717) is 22.7 Å². The van der Waals surface area contributed by atoms with Gasteiger partial charge in [0.05, 0.1) is 30.7 Å². The highest BCUT2D eigenvalue weighted by atomic mass is 32.2. The Hall–Kier alpha value is -3.07. The van der Waals surface area contributed by atoms with E-state index in [1.807, 2.05) is 0 Å². The average molecular weight is 418 g/mol. The Morgan fingerprint density at radius 3 is 2.66 bits per heavy atom. The molecule has 1 heterocycles. The zero-order valence-corrected chi connectivity index (χ0v) is 17.2. The quantitative estimate of drug-likeness (QED) is 0.748. The van der Waals surface area contributed by atoms with Crippen molar-refractivity contribution in [3.63, 3.8) is 0 Å². The highest BCUT2D eigenvalue weighted by Gasteiger charge is 2.35. The third-order valence-electron chi connectivity index (χ3n) is 4.43. The molecular formula is C20H22N2O6S. The summed E-state index contributed by atoms with van der Waals surface area (Å²) in [7, 11) is -3.60. The predicted molar refractivity (Wildman–Crippen MR) is 109 cm³/mol. The fraction of sp³-hybridized carbons (Fsp3) is 0.300. The number of carbonyl (C=O) groups excluding carboxylic acids is 2. The topological polar surface area (TPSA) is 102 Å². The van der Waals surface area contributed by atoms with Gasteiger partial charge in [0, 0.05) is 5.69 Å². The van der Waals surface area contributed by atoms with Gasteiger partial charge in [-0.2, -0.15) is 0 Å². The van der Waals surface area contributed by atoms with Crippen LogP contribution in [0.1, 0.15) is 22.8 Å². The number of ether oxygens (including phenoxy) is 2. The minimum Gasteiger partial charge on any atom is -0.476 e. The molecule has 0 aromatic heterocycles. The van der Waals surface area contributed by atoms with Crippen LogP contribution in [-0.4, -0.2) is 45.8 Å². The van der Waals surface area contributed by atoms with Gasteiger partial charge in [0.25, 0.3) is 5.91 Å². The van der Waals surface area contributed by atoms with Crippen molar-refractivity contribution in [3.8, 4) is 5.75 Å². The minimum atomic E-state index is -3.60. The standard InChI is InChI=1S/C20H22N2O6S/c1-4-27-20(24)14-10-9-13(2)15(11-14)21-19(23)18-12-22(29(3,25)26)16-7-5-6-8-17(16)28-18/h5-11,18H,4,12H2,1-3H3,(H,21,23)/t18-/m1/s1. The Morgan fingerprint density at radius 2 is 1.97 bits per heavy atom. The Bertz CT molecular complexity index is 1050. The van der Waals surface area contributed by atoms with E-state index in [0.717, 1.165) is 16.1 Å². The summed E-state index contributed by atoms with van der Waals surface area (Å²) >= 11 is 0. The lowest BCUT2D eigenvalue weighted by Gasteiger charge is -2.33. The number of rotatable bonds is 5. The minimum absolute atomic E-state index is 0.154. The molecule has 1 aliphatic rings. The van der Waals surface area contributed by atoms with Gasteiger partial charge in [0.1, 0.15) is 5.75 Å². The van der Waals surface area contributed by atoms with E-state index in [1.165, 1.54) is 6.07 Å². The molecule has 1 aliphatic heterocycles. The van der Waals surface area contributed by atoms with Crippen molar-refractivity contribution in [3.05, 3.63) is 53.6 Å². The molecule has 0 saturated carbocycles. The number of fused-ring (bicyclic) bond motifs is 1. The Kier molecular flexibility index (Phi) is 5.78. The van der Waals surface area contributed by atoms with Crippen molar-refractivity contribution < 1.29 is 27.5 Å². The molecule has 8 nitrogen and oxygen atoms in total. The molecule has 0 unspecified atom stereocenters. The summed E-state index contributed by atoms with van der Waals surface area (Å²) in [6.07, 6.45) is 0.0297. The Balaban J connectivity index is 1.85. The lowest BCUT2D eigenvalue weighted by molar-refractivity contribution is -0.122. The van der Waals surface area contributed by atoms with E-state index < -0.39 is 28.0 Å². The van der Waals surface area contributed by atoms with E-state index in [1.54, 1.807) is 50.2 Å². The van der Waals surface area contributed by atoms with Gasteiger partial charge in [-0.25, -0.2) is 13.2 Å². The van der Waals surface area contributed by atoms with Crippen molar-refractivity contribution in [2.45, 2.75) is 20.0 Å². The lowest BCUT2D eigenvalue weighted by atomic mass is 10.1. The van der Waals surface area contributed by atoms with Crippen LogP contribution in [-0.2, 0) is 19.6 Å². The van der Waals surface area contributed by atoms with Crippen LogP contribution in [0.3, 0.4) is 0 Å². The summed E-state index contributed by atoms with van der Waals surface area (Å²) in [5.74, 6) is -0.701. The van der Waals surface area contributed by atoms with Gasteiger partial charge >= 0.3 is 5.97 Å². The van der Waals surface area contributed by atoms with E-state index in [4.69, 9.17) is 9.47 Å². The summed E-state index contributed by atoms with van der Waals surface area (Å²) in [6.45, 7) is 3.58. The molecule has 2 aromatic carbocycles. The molecule has 9 heteroatoms. The summed E-state index contributed by atoms with van der Waals surface area (Å²) < 4.78 is 36.3. The number of para-hydroxylation sites is 2. The van der Waals surface area contributed by atoms with Gasteiger partial charge in [-0.05, 0) is 43.7 Å². The smallest absolute Gasteiger partial charge is 0.338 e. The first-order chi connectivity index (χ1) is 13.7. The summed E-state index contributed by atoms with van der Waals surface area (Å²) in [5, 5.41) is 2.73. The molecule has 154 valence electrons. The summed E-state index contributed by atoms with van der Waals surface area (Å²) in [6, 6.07) is 11.5. The average Bonchev–Trinajstić information content (AvgIpc) is 2.68. The van der Waals surface area contributed by atoms with E-state index in [9.17, 15) is 18.0 Å². The third-order valence-corrected chi connectivity index (χ3v) is 5.58. The normalized spacial score (nSPS) is 15.8. The first-order valence-electron chi connectivity index (χ1n) is 9.02. The number of amides is 1. The fourth-order valence-electron chi connectivity index (χ4n) is 2.96. The van der Waals surface area contributed by atoms with Crippen LogP contribution in [0.4, 0.5) is 11.4 Å². The van der Waals surface area contributed by atoms with Gasteiger partial charge in [-0.1, -0.05) is 18.2 Å². The molecule has 0 radical (unpaired) electrons. The van der Waals surface area contributed by atoms with Crippen molar-refractivity contribution in [2.75, 3.05) is 29.0 Å². The molecule has 29 heavy (non-hydrogen) atoms. The molecule has 0 bridgehead atoms. The molecule has 0 fully saturated rings. The maximum atomic E-state index is 12.8. The van der Waals surface area contributed by atoms with Gasteiger partial charge in [0.2, 0.25) is 10.0 Å². The number of anilines is 2. The number of benzene rings is 2. The van der Waals surface area contributed by atoms with Crippen molar-refractivity contribution in [2.24, 2.45) is 0 Å². The first-order valence-corrected chi connectivity index (χ1v) is 10.9. The van der Waals surface area contributed by atoms with Gasteiger partial charge in [0.15, 0.2) is 6.10 Å². The van der Waals surface area contributed by atoms with Gasteiger partial charge in [-0.15, -0.1) is 0 Å². The monoisotopic (exact) mass is 418 g/mol. The molecular weight excluding hydrogens is 396 g/mol. The van der Waals surface area contributed by atoms with Crippen molar-refractivity contribution >= 4 is 33.3 Å². The highest BCUT2D eigenvalue weighted by molar-refractivity contribution is 7.92. The first kappa shape index (κ1) is 20.7. The largest absolute Gasteiger partial charge is 0.476 e. The second kappa shape index (κ2) is 8.12. The zero-order valence-electron chi connectivity index (χ0n) is 16.3. The second-order valence-corrected chi connectivity index (χ2v) is 8.51. The van der Waals surface area contributed by atoms with Crippen LogP contribution >= 0.6 is 0 Å². The number of hydrogen-bond donors (Lipinski definition) is 1. The van der Waals surface area contributed by atoms with Gasteiger partial charge in [-0.3, -0.25) is 9.10 Å². The Labute approximate surface area is 169 Å². The molecule has 0 aliphatic carbocycles. The third kappa shape index (κ3) is 4.51. The van der Waals surface area contributed by atoms with E-state index in [2.05, 4.69) is 5.32 Å². The van der Waals surface area contributed by atoms with Gasteiger partial charge < -0.3 is 14.8 Å². The van der Waals surface area contributed by atoms with Crippen molar-refractivity contribution in [1.82, 2.24) is 0 Å². The van der Waals surface area contributed by atoms with Crippen LogP contribution in [0.15, 0.2) is 42.5 Å². The number of nitrogens with zero attached hydrogens (tertiary/aromatic N) is 1. The number of nitrogens with one attached hydrogen (secondary N) is 1. The second-order valence-electron chi connectivity index (χ2n) is 6.61. The van der Waals surface area contributed by atoms with Crippen LogP contribution in [0, 0.1) is 6.92 Å². The number of hydrogen-bond acceptors (Lipinski definition) is 6. The molecule has 1 atom stereocenters. The molecule has 1 N–H and O–H groups in total. The summed E-state index contributed by atoms with van der Waals surface area (Å²) in [4.78, 5) is 24.8. The van der Waals surface area contributed by atoms with Crippen LogP contribution < -0.4 is 14.4 Å². The SMILES string of the molecule is CCOC(=O)c1ccc(C)c(NC(=O)[C@H]2CN(S(C)(=O)=O)c3ccccc3O2)c1. The van der Waals surface area contributed by atoms with Crippen LogP contribution in [0.2, 0.25) is 0 Å². The Morgan fingerprint density at radius 1 is 1.24 bits per heavy atom. The number of esters is 1. The highest BCUT2D eigenvalue weighted by Crippen LogP contribution is 2.34. The van der Waals surface area contributed by atoms with Crippen LogP contribution in [0.5, 0.6) is 5.75 Å². The van der Waals surface area contributed by atoms with E-state index in [-0.39, 0.29) is 13.2 Å². The molecule has 3 rings (SSSR count). The molecule has 0 saturated heterocycles. The van der Waals surface area contributed by atoms with Crippen LogP contribution in [0.25, 0.3) is 0 Å². The fourth-order valence-corrected chi connectivity index (χ4v) is 3.88. The maximum absolute atomic E-state index is 12.8.